The van der Waals surface area contributed by atoms with E-state index < -0.39 is 5.97 Å². The van der Waals surface area contributed by atoms with Crippen molar-refractivity contribution in [3.8, 4) is 0 Å². The maximum Gasteiger partial charge on any atom is 0.323 e. The Balaban J connectivity index is 1.65. The molecule has 18 heavy (non-hydrogen) atoms. The fraction of sp³-hybridized carbons (Fsp3) is 0.857. The molecule has 0 aromatic heterocycles. The van der Waals surface area contributed by atoms with Gasteiger partial charge >= 0.3 is 5.97 Å². The summed E-state index contributed by atoms with van der Waals surface area (Å²) in [5.74, 6) is 2.12. The molecule has 0 aliphatic heterocycles. The first kappa shape index (κ1) is 12.0. The first-order valence-electron chi connectivity index (χ1n) is 7.14. The van der Waals surface area contributed by atoms with Crippen molar-refractivity contribution >= 4 is 11.9 Å². The van der Waals surface area contributed by atoms with Crippen LogP contribution < -0.4 is 0 Å². The quantitative estimate of drug-likeness (QED) is 0.807. The van der Waals surface area contributed by atoms with Crippen LogP contribution in [-0.4, -0.2) is 35.0 Å². The highest BCUT2D eigenvalue weighted by molar-refractivity contribution is 5.86. The molecule has 1 amide bonds. The second-order valence-corrected chi connectivity index (χ2v) is 6.17. The lowest BCUT2D eigenvalue weighted by atomic mass is 10.0. The summed E-state index contributed by atoms with van der Waals surface area (Å²) in [4.78, 5) is 24.8. The van der Waals surface area contributed by atoms with Gasteiger partial charge in [-0.15, -0.1) is 0 Å². The Morgan fingerprint density at radius 1 is 1.22 bits per heavy atom. The third-order valence-corrected chi connectivity index (χ3v) is 5.15. The lowest BCUT2D eigenvalue weighted by molar-refractivity contribution is -0.145. The van der Waals surface area contributed by atoms with E-state index in [-0.39, 0.29) is 18.4 Å². The summed E-state index contributed by atoms with van der Waals surface area (Å²) in [6.07, 6.45) is 4.74. The Labute approximate surface area is 107 Å². The molecule has 0 spiro atoms. The summed E-state index contributed by atoms with van der Waals surface area (Å²) < 4.78 is 0. The lowest BCUT2D eigenvalue weighted by Crippen LogP contribution is -2.38. The van der Waals surface area contributed by atoms with Crippen molar-refractivity contribution in [3.05, 3.63) is 0 Å². The summed E-state index contributed by atoms with van der Waals surface area (Å²) >= 11 is 0. The number of aliphatic carboxylic acids is 1. The standard InChI is InChI=1S/C14H21NO3/c1-2-5-15(7-10(16)17)14(18)13-11-8-3-4-9(6-8)12(11)13/h8-9,11-13H,2-7H2,1H3,(H,16,17)/t8-,9-,11-,12-/m0/s1. The predicted molar refractivity (Wildman–Crippen MR) is 65.8 cm³/mol. The van der Waals surface area contributed by atoms with Crippen LogP contribution in [0, 0.1) is 29.6 Å². The number of hydrogen-bond donors (Lipinski definition) is 1. The van der Waals surface area contributed by atoms with Gasteiger partial charge in [0.25, 0.3) is 0 Å². The Hall–Kier alpha value is -1.06. The first-order valence-corrected chi connectivity index (χ1v) is 7.14. The highest BCUT2D eigenvalue weighted by atomic mass is 16.4. The van der Waals surface area contributed by atoms with E-state index in [9.17, 15) is 9.59 Å². The second-order valence-electron chi connectivity index (χ2n) is 6.17. The summed E-state index contributed by atoms with van der Waals surface area (Å²) in [6, 6.07) is 0. The van der Waals surface area contributed by atoms with E-state index in [2.05, 4.69) is 0 Å². The fourth-order valence-electron chi connectivity index (χ4n) is 4.57. The molecule has 4 atom stereocenters. The van der Waals surface area contributed by atoms with E-state index >= 15 is 0 Å². The van der Waals surface area contributed by atoms with Gasteiger partial charge in [0.15, 0.2) is 0 Å². The smallest absolute Gasteiger partial charge is 0.323 e. The van der Waals surface area contributed by atoms with E-state index in [0.29, 0.717) is 18.4 Å². The molecule has 3 fully saturated rings. The van der Waals surface area contributed by atoms with Crippen LogP contribution in [0.3, 0.4) is 0 Å². The molecule has 3 aliphatic carbocycles. The van der Waals surface area contributed by atoms with Crippen LogP contribution in [0.2, 0.25) is 0 Å². The predicted octanol–water partition coefficient (Wildman–Crippen LogP) is 1.60. The zero-order valence-corrected chi connectivity index (χ0v) is 10.8. The number of hydrogen-bond acceptors (Lipinski definition) is 2. The Morgan fingerprint density at radius 2 is 1.83 bits per heavy atom. The maximum atomic E-state index is 12.4. The number of rotatable bonds is 5. The van der Waals surface area contributed by atoms with Gasteiger partial charge in [0.05, 0.1) is 0 Å². The molecule has 2 bridgehead atoms. The van der Waals surface area contributed by atoms with Gasteiger partial charge in [-0.1, -0.05) is 6.92 Å². The van der Waals surface area contributed by atoms with Crippen molar-refractivity contribution in [2.45, 2.75) is 32.6 Å². The summed E-state index contributed by atoms with van der Waals surface area (Å²) in [5, 5.41) is 8.89. The number of nitrogens with zero attached hydrogens (tertiary/aromatic N) is 1. The first-order chi connectivity index (χ1) is 8.63. The molecule has 0 heterocycles. The van der Waals surface area contributed by atoms with Gasteiger partial charge in [0, 0.05) is 12.5 Å². The summed E-state index contributed by atoms with van der Waals surface area (Å²) in [7, 11) is 0. The zero-order chi connectivity index (χ0) is 12.9. The van der Waals surface area contributed by atoms with Crippen molar-refractivity contribution in [2.24, 2.45) is 29.6 Å². The highest BCUT2D eigenvalue weighted by Crippen LogP contribution is 2.69. The molecule has 3 aliphatic rings. The molecule has 3 saturated carbocycles. The highest BCUT2D eigenvalue weighted by Gasteiger charge is 2.67. The minimum absolute atomic E-state index is 0.117. The molecule has 0 unspecified atom stereocenters. The van der Waals surface area contributed by atoms with Crippen molar-refractivity contribution in [3.63, 3.8) is 0 Å². The SMILES string of the molecule is CCCN(CC(=O)O)C(=O)C1[C@H]2[C@H]3CC[C@@H](C3)[C@H]12. The molecule has 4 nitrogen and oxygen atoms in total. The summed E-state index contributed by atoms with van der Waals surface area (Å²) in [5.41, 5.74) is 0. The molecule has 4 heteroatoms. The van der Waals surface area contributed by atoms with Crippen molar-refractivity contribution in [1.29, 1.82) is 0 Å². The second kappa shape index (κ2) is 4.25. The molecule has 0 radical (unpaired) electrons. The van der Waals surface area contributed by atoms with Gasteiger partial charge in [-0.05, 0) is 49.4 Å². The molecule has 0 saturated heterocycles. The van der Waals surface area contributed by atoms with Crippen molar-refractivity contribution < 1.29 is 14.7 Å². The molecular formula is C14H21NO3. The molecular weight excluding hydrogens is 230 g/mol. The topological polar surface area (TPSA) is 57.6 Å². The van der Waals surface area contributed by atoms with E-state index in [1.54, 1.807) is 4.90 Å². The lowest BCUT2D eigenvalue weighted by Gasteiger charge is -2.21. The molecule has 1 N–H and O–H groups in total. The minimum atomic E-state index is -0.898. The van der Waals surface area contributed by atoms with Gasteiger partial charge in [-0.25, -0.2) is 0 Å². The number of fused-ring (bicyclic) bond motifs is 5. The molecule has 3 rings (SSSR count). The van der Waals surface area contributed by atoms with Crippen LogP contribution in [0.4, 0.5) is 0 Å². The van der Waals surface area contributed by atoms with Crippen LogP contribution in [0.25, 0.3) is 0 Å². The monoisotopic (exact) mass is 251 g/mol. The van der Waals surface area contributed by atoms with Gasteiger partial charge in [-0.3, -0.25) is 9.59 Å². The Kier molecular flexibility index (Phi) is 2.83. The Morgan fingerprint density at radius 3 is 2.33 bits per heavy atom. The normalized spacial score (nSPS) is 39.5. The number of carbonyl (C=O) groups is 2. The average Bonchev–Trinajstić information content (AvgIpc) is 2.75. The molecule has 0 aromatic carbocycles. The Bertz CT molecular complexity index is 365. The van der Waals surface area contributed by atoms with Gasteiger partial charge < -0.3 is 10.0 Å². The van der Waals surface area contributed by atoms with E-state index in [4.69, 9.17) is 5.11 Å². The molecule has 100 valence electrons. The van der Waals surface area contributed by atoms with Crippen LogP contribution in [0.1, 0.15) is 32.6 Å². The minimum Gasteiger partial charge on any atom is -0.480 e. The van der Waals surface area contributed by atoms with E-state index in [1.165, 1.54) is 19.3 Å². The number of carbonyl (C=O) groups excluding carboxylic acids is 1. The van der Waals surface area contributed by atoms with Crippen LogP contribution >= 0.6 is 0 Å². The third kappa shape index (κ3) is 1.73. The maximum absolute atomic E-state index is 12.4. The van der Waals surface area contributed by atoms with Crippen LogP contribution in [-0.2, 0) is 9.59 Å². The van der Waals surface area contributed by atoms with Crippen molar-refractivity contribution in [2.75, 3.05) is 13.1 Å². The number of carboxylic acid groups (broad SMARTS) is 1. The summed E-state index contributed by atoms with van der Waals surface area (Å²) in [6.45, 7) is 2.44. The number of carboxylic acids is 1. The largest absolute Gasteiger partial charge is 0.480 e. The van der Waals surface area contributed by atoms with E-state index in [1.807, 2.05) is 6.92 Å². The zero-order valence-electron chi connectivity index (χ0n) is 10.8. The van der Waals surface area contributed by atoms with Crippen molar-refractivity contribution in [1.82, 2.24) is 4.90 Å². The van der Waals surface area contributed by atoms with Gasteiger partial charge in [-0.2, -0.15) is 0 Å². The molecule has 0 aromatic rings. The number of amides is 1. The third-order valence-electron chi connectivity index (χ3n) is 5.15. The van der Waals surface area contributed by atoms with Crippen LogP contribution in [0.5, 0.6) is 0 Å². The van der Waals surface area contributed by atoms with Crippen LogP contribution in [0.15, 0.2) is 0 Å². The van der Waals surface area contributed by atoms with Gasteiger partial charge in [0.1, 0.15) is 6.54 Å². The van der Waals surface area contributed by atoms with Gasteiger partial charge in [0.2, 0.25) is 5.91 Å². The van der Waals surface area contributed by atoms with E-state index in [0.717, 1.165) is 18.3 Å². The fourth-order valence-corrected chi connectivity index (χ4v) is 4.57. The average molecular weight is 251 g/mol.